The third-order valence-electron chi connectivity index (χ3n) is 2.15. The molecular formula is C9H17ClN2O2. The zero-order valence-corrected chi connectivity index (χ0v) is 9.01. The molecule has 3 atom stereocenters. The van der Waals surface area contributed by atoms with Gasteiger partial charge in [0.15, 0.2) is 0 Å². The predicted molar refractivity (Wildman–Crippen MR) is 57.5 cm³/mol. The van der Waals surface area contributed by atoms with Crippen molar-refractivity contribution in [1.82, 2.24) is 10.6 Å². The van der Waals surface area contributed by atoms with E-state index in [0.29, 0.717) is 13.0 Å². The molecule has 1 saturated heterocycles. The summed E-state index contributed by atoms with van der Waals surface area (Å²) >= 11 is 0. The van der Waals surface area contributed by atoms with Gasteiger partial charge in [-0.1, -0.05) is 6.08 Å². The minimum absolute atomic E-state index is 0. The lowest BCUT2D eigenvalue weighted by molar-refractivity contribution is -0.123. The van der Waals surface area contributed by atoms with Gasteiger partial charge in [0, 0.05) is 12.6 Å². The van der Waals surface area contributed by atoms with Crippen LogP contribution in [0.25, 0.3) is 0 Å². The van der Waals surface area contributed by atoms with Crippen molar-refractivity contribution in [1.29, 1.82) is 0 Å². The van der Waals surface area contributed by atoms with Gasteiger partial charge >= 0.3 is 0 Å². The molecule has 0 aromatic carbocycles. The van der Waals surface area contributed by atoms with E-state index in [9.17, 15) is 9.90 Å². The van der Waals surface area contributed by atoms with Crippen molar-refractivity contribution < 1.29 is 9.90 Å². The summed E-state index contributed by atoms with van der Waals surface area (Å²) in [5.74, 6) is -0.0658. The largest absolute Gasteiger partial charge is 0.392 e. The molecule has 0 spiro atoms. The molecule has 1 amide bonds. The fourth-order valence-electron chi connectivity index (χ4n) is 1.30. The van der Waals surface area contributed by atoms with Gasteiger partial charge in [0.25, 0.3) is 0 Å². The maximum absolute atomic E-state index is 11.4. The number of rotatable bonds is 3. The van der Waals surface area contributed by atoms with Gasteiger partial charge in [0.2, 0.25) is 5.91 Å². The van der Waals surface area contributed by atoms with Crippen molar-refractivity contribution in [3.8, 4) is 0 Å². The Labute approximate surface area is 90.2 Å². The van der Waals surface area contributed by atoms with Gasteiger partial charge in [0.05, 0.1) is 12.1 Å². The van der Waals surface area contributed by atoms with E-state index in [-0.39, 0.29) is 30.4 Å². The quantitative estimate of drug-likeness (QED) is 0.579. The smallest absolute Gasteiger partial charge is 0.237 e. The van der Waals surface area contributed by atoms with Crippen LogP contribution in [0.4, 0.5) is 0 Å². The second-order valence-electron chi connectivity index (χ2n) is 3.38. The first-order valence-electron chi connectivity index (χ1n) is 4.48. The molecule has 5 heteroatoms. The zero-order valence-electron chi connectivity index (χ0n) is 8.19. The van der Waals surface area contributed by atoms with E-state index in [2.05, 4.69) is 17.2 Å². The Bertz CT molecular complexity index is 211. The lowest BCUT2D eigenvalue weighted by Crippen LogP contribution is -2.43. The second kappa shape index (κ2) is 6.01. The van der Waals surface area contributed by atoms with Crippen LogP contribution in [0.15, 0.2) is 12.7 Å². The highest BCUT2D eigenvalue weighted by atomic mass is 35.5. The number of β-amino-alcohol motifs (C(OH)–C–C–N with tert-alkyl or cyclic N) is 1. The number of nitrogens with one attached hydrogen (secondary N) is 2. The number of carbonyl (C=O) groups excluding carboxylic acids is 1. The normalized spacial score (nSPS) is 27.6. The van der Waals surface area contributed by atoms with Crippen molar-refractivity contribution >= 4 is 18.3 Å². The lowest BCUT2D eigenvalue weighted by atomic mass is 10.2. The average molecular weight is 221 g/mol. The Morgan fingerprint density at radius 3 is 2.86 bits per heavy atom. The maximum Gasteiger partial charge on any atom is 0.237 e. The monoisotopic (exact) mass is 220 g/mol. The van der Waals surface area contributed by atoms with Crippen LogP contribution in [0.5, 0.6) is 0 Å². The summed E-state index contributed by atoms with van der Waals surface area (Å²) in [6.45, 7) is 5.93. The SMILES string of the molecule is C=CC(C)NC(=O)[C@H]1C[C@H](O)CN1.Cl. The van der Waals surface area contributed by atoms with Crippen molar-refractivity contribution in [2.75, 3.05) is 6.54 Å². The topological polar surface area (TPSA) is 61.4 Å². The molecule has 0 aliphatic carbocycles. The van der Waals surface area contributed by atoms with Gasteiger partial charge in [-0.25, -0.2) is 0 Å². The van der Waals surface area contributed by atoms with E-state index in [1.165, 1.54) is 0 Å². The van der Waals surface area contributed by atoms with Crippen LogP contribution >= 0.6 is 12.4 Å². The molecule has 0 bridgehead atoms. The van der Waals surface area contributed by atoms with Gasteiger partial charge < -0.3 is 15.7 Å². The summed E-state index contributed by atoms with van der Waals surface area (Å²) in [6.07, 6.45) is 1.77. The molecule has 1 rings (SSSR count). The van der Waals surface area contributed by atoms with Gasteiger partial charge in [-0.05, 0) is 13.3 Å². The number of halogens is 1. The van der Waals surface area contributed by atoms with Crippen LogP contribution in [0.2, 0.25) is 0 Å². The number of amides is 1. The van der Waals surface area contributed by atoms with E-state index in [1.807, 2.05) is 6.92 Å². The minimum atomic E-state index is -0.394. The number of aliphatic hydroxyl groups excluding tert-OH is 1. The van der Waals surface area contributed by atoms with Crippen LogP contribution < -0.4 is 10.6 Å². The molecule has 4 nitrogen and oxygen atoms in total. The van der Waals surface area contributed by atoms with Crippen LogP contribution in [0.3, 0.4) is 0 Å². The second-order valence-corrected chi connectivity index (χ2v) is 3.38. The molecule has 3 N–H and O–H groups in total. The standard InChI is InChI=1S/C9H16N2O2.ClH/c1-3-6(2)11-9(13)8-4-7(12)5-10-8;/h3,6-8,10,12H,1,4-5H2,2H3,(H,11,13);1H/t6?,7-,8+;/m0./s1. The van der Waals surface area contributed by atoms with Gasteiger partial charge in [-0.15, -0.1) is 19.0 Å². The summed E-state index contributed by atoms with van der Waals surface area (Å²) in [5, 5.41) is 14.9. The van der Waals surface area contributed by atoms with Crippen LogP contribution in [-0.2, 0) is 4.79 Å². The minimum Gasteiger partial charge on any atom is -0.392 e. The molecule has 0 saturated carbocycles. The first-order valence-corrected chi connectivity index (χ1v) is 4.48. The lowest BCUT2D eigenvalue weighted by Gasteiger charge is -2.13. The number of hydrogen-bond acceptors (Lipinski definition) is 3. The van der Waals surface area contributed by atoms with E-state index < -0.39 is 6.10 Å². The Morgan fingerprint density at radius 2 is 2.43 bits per heavy atom. The fraction of sp³-hybridized carbons (Fsp3) is 0.667. The predicted octanol–water partition coefficient (Wildman–Crippen LogP) is -0.178. The van der Waals surface area contributed by atoms with Gasteiger partial charge in [-0.3, -0.25) is 4.79 Å². The molecule has 82 valence electrons. The van der Waals surface area contributed by atoms with Gasteiger partial charge in [0.1, 0.15) is 0 Å². The summed E-state index contributed by atoms with van der Waals surface area (Å²) in [6, 6.07) is -0.274. The molecule has 14 heavy (non-hydrogen) atoms. The molecule has 1 fully saturated rings. The molecule has 0 aromatic rings. The van der Waals surface area contributed by atoms with Gasteiger partial charge in [-0.2, -0.15) is 0 Å². The Hall–Kier alpha value is -0.580. The maximum atomic E-state index is 11.4. The fourth-order valence-corrected chi connectivity index (χ4v) is 1.30. The Kier molecular flexibility index (Phi) is 5.76. The number of hydrogen-bond donors (Lipinski definition) is 3. The summed E-state index contributed by atoms with van der Waals surface area (Å²) in [7, 11) is 0. The highest BCUT2D eigenvalue weighted by Crippen LogP contribution is 2.06. The summed E-state index contributed by atoms with van der Waals surface area (Å²) in [4.78, 5) is 11.4. The molecule has 1 aliphatic heterocycles. The summed E-state index contributed by atoms with van der Waals surface area (Å²) < 4.78 is 0. The molecule has 1 unspecified atom stereocenters. The first kappa shape index (κ1) is 13.4. The van der Waals surface area contributed by atoms with Crippen LogP contribution in [0.1, 0.15) is 13.3 Å². The van der Waals surface area contributed by atoms with Crippen molar-refractivity contribution in [2.45, 2.75) is 31.5 Å². The highest BCUT2D eigenvalue weighted by Gasteiger charge is 2.28. The van der Waals surface area contributed by atoms with Crippen molar-refractivity contribution in [3.05, 3.63) is 12.7 Å². The van der Waals surface area contributed by atoms with Crippen molar-refractivity contribution in [3.63, 3.8) is 0 Å². The summed E-state index contributed by atoms with van der Waals surface area (Å²) in [5.41, 5.74) is 0. The number of carbonyl (C=O) groups is 1. The Morgan fingerprint density at radius 1 is 1.79 bits per heavy atom. The number of aliphatic hydroxyl groups is 1. The van der Waals surface area contributed by atoms with Crippen molar-refractivity contribution in [2.24, 2.45) is 0 Å². The molecular weight excluding hydrogens is 204 g/mol. The first-order chi connectivity index (χ1) is 6.13. The Balaban J connectivity index is 0.00000169. The van der Waals surface area contributed by atoms with E-state index in [1.54, 1.807) is 6.08 Å². The average Bonchev–Trinajstić information content (AvgIpc) is 2.51. The zero-order chi connectivity index (χ0) is 9.84. The molecule has 1 heterocycles. The highest BCUT2D eigenvalue weighted by molar-refractivity contribution is 5.85. The molecule has 0 aromatic heterocycles. The molecule has 1 aliphatic rings. The van der Waals surface area contributed by atoms with Crippen LogP contribution in [0, 0.1) is 0 Å². The van der Waals surface area contributed by atoms with E-state index in [0.717, 1.165) is 0 Å². The van der Waals surface area contributed by atoms with Crippen LogP contribution in [-0.4, -0.2) is 35.7 Å². The third-order valence-corrected chi connectivity index (χ3v) is 2.15. The molecule has 0 radical (unpaired) electrons. The van der Waals surface area contributed by atoms with E-state index in [4.69, 9.17) is 0 Å². The third kappa shape index (κ3) is 3.65. The van der Waals surface area contributed by atoms with E-state index >= 15 is 0 Å².